The van der Waals surface area contributed by atoms with Crippen LogP contribution in [0.1, 0.15) is 5.56 Å². The first-order chi connectivity index (χ1) is 14.0. The van der Waals surface area contributed by atoms with Crippen molar-refractivity contribution in [2.24, 2.45) is 0 Å². The third-order valence-corrected chi connectivity index (χ3v) is 5.54. The molecule has 1 heterocycles. The highest BCUT2D eigenvalue weighted by atomic mass is 35.5. The number of benzene rings is 2. The van der Waals surface area contributed by atoms with Gasteiger partial charge < -0.3 is 10.1 Å². The zero-order valence-electron chi connectivity index (χ0n) is 16.2. The summed E-state index contributed by atoms with van der Waals surface area (Å²) in [7, 11) is 1.62. The molecule has 1 amide bonds. The highest BCUT2D eigenvalue weighted by Crippen LogP contribution is 2.26. The number of ether oxygens (including phenoxy) is 1. The number of rotatable bonds is 8. The average molecular weight is 429 g/mol. The summed E-state index contributed by atoms with van der Waals surface area (Å²) < 4.78 is 7.13. The maximum absolute atomic E-state index is 12.3. The van der Waals surface area contributed by atoms with Crippen LogP contribution in [0.15, 0.2) is 60.3 Å². The number of nitrogens with one attached hydrogen (secondary N) is 1. The van der Waals surface area contributed by atoms with Crippen molar-refractivity contribution in [2.75, 3.05) is 18.2 Å². The number of thioether (sulfide) groups is 1. The number of halogens is 1. The van der Waals surface area contributed by atoms with Crippen molar-refractivity contribution >= 4 is 35.0 Å². The van der Waals surface area contributed by atoms with E-state index in [9.17, 15) is 4.79 Å². The standard InChI is InChI=1S/C21H21ClN4O2S/c1-4-11-26-20(15-6-9-17(28-3)10-7-15)24-25-21(26)29-13-19(27)23-16-8-5-14(2)18(22)12-16/h4-10,12H,1,11,13H2,2-3H3,(H,23,27). The van der Waals surface area contributed by atoms with Crippen LogP contribution in [-0.4, -0.2) is 33.5 Å². The number of aryl methyl sites for hydroxylation is 1. The first kappa shape index (κ1) is 21.0. The fourth-order valence-electron chi connectivity index (χ4n) is 2.64. The molecule has 1 N–H and O–H groups in total. The van der Waals surface area contributed by atoms with Crippen LogP contribution in [0.5, 0.6) is 5.75 Å². The molecule has 0 aliphatic carbocycles. The van der Waals surface area contributed by atoms with Gasteiger partial charge in [-0.3, -0.25) is 9.36 Å². The largest absolute Gasteiger partial charge is 0.497 e. The summed E-state index contributed by atoms with van der Waals surface area (Å²) in [5, 5.41) is 12.7. The minimum atomic E-state index is -0.144. The highest BCUT2D eigenvalue weighted by molar-refractivity contribution is 7.99. The lowest BCUT2D eigenvalue weighted by molar-refractivity contribution is -0.113. The van der Waals surface area contributed by atoms with Gasteiger partial charge in [-0.2, -0.15) is 0 Å². The summed E-state index contributed by atoms with van der Waals surface area (Å²) in [5.74, 6) is 1.53. The number of allylic oxidation sites excluding steroid dienone is 1. The van der Waals surface area contributed by atoms with Crippen LogP contribution >= 0.6 is 23.4 Å². The van der Waals surface area contributed by atoms with Crippen LogP contribution in [0.3, 0.4) is 0 Å². The summed E-state index contributed by atoms with van der Waals surface area (Å²) in [6, 6.07) is 13.0. The second-order valence-electron chi connectivity index (χ2n) is 6.23. The van der Waals surface area contributed by atoms with E-state index < -0.39 is 0 Å². The highest BCUT2D eigenvalue weighted by Gasteiger charge is 2.15. The minimum absolute atomic E-state index is 0.144. The molecule has 0 atom stereocenters. The van der Waals surface area contributed by atoms with Crippen LogP contribution < -0.4 is 10.1 Å². The summed E-state index contributed by atoms with van der Waals surface area (Å²) in [6.07, 6.45) is 1.77. The number of carbonyl (C=O) groups excluding carboxylic acids is 1. The maximum Gasteiger partial charge on any atom is 0.234 e. The Balaban J connectivity index is 1.71. The Labute approximate surface area is 178 Å². The first-order valence-corrected chi connectivity index (χ1v) is 10.3. The molecular formula is C21H21ClN4O2S. The van der Waals surface area contributed by atoms with E-state index in [0.29, 0.717) is 28.2 Å². The number of hydrogen-bond acceptors (Lipinski definition) is 5. The second kappa shape index (κ2) is 9.62. The van der Waals surface area contributed by atoms with Gasteiger partial charge in [0.25, 0.3) is 0 Å². The van der Waals surface area contributed by atoms with Gasteiger partial charge in [0.2, 0.25) is 5.91 Å². The van der Waals surface area contributed by atoms with Gasteiger partial charge in [-0.05, 0) is 48.9 Å². The lowest BCUT2D eigenvalue weighted by atomic mass is 10.2. The van der Waals surface area contributed by atoms with Crippen molar-refractivity contribution in [3.05, 3.63) is 65.7 Å². The SMILES string of the molecule is C=CCn1c(SCC(=O)Nc2ccc(C)c(Cl)c2)nnc1-c1ccc(OC)cc1. The van der Waals surface area contributed by atoms with Gasteiger partial charge in [0.05, 0.1) is 12.9 Å². The molecule has 0 unspecified atom stereocenters. The predicted molar refractivity (Wildman–Crippen MR) is 118 cm³/mol. The van der Waals surface area contributed by atoms with Crippen LogP contribution in [0.25, 0.3) is 11.4 Å². The molecule has 2 aromatic carbocycles. The van der Waals surface area contributed by atoms with Crippen LogP contribution in [-0.2, 0) is 11.3 Å². The van der Waals surface area contributed by atoms with E-state index in [-0.39, 0.29) is 11.7 Å². The number of carbonyl (C=O) groups is 1. The smallest absolute Gasteiger partial charge is 0.234 e. The molecule has 8 heteroatoms. The molecular weight excluding hydrogens is 408 g/mol. The molecule has 150 valence electrons. The number of nitrogens with zero attached hydrogens (tertiary/aromatic N) is 3. The van der Waals surface area contributed by atoms with Crippen molar-refractivity contribution < 1.29 is 9.53 Å². The van der Waals surface area contributed by atoms with E-state index >= 15 is 0 Å². The summed E-state index contributed by atoms with van der Waals surface area (Å²) in [6.45, 7) is 6.25. The van der Waals surface area contributed by atoms with Crippen molar-refractivity contribution in [3.8, 4) is 17.1 Å². The predicted octanol–water partition coefficient (Wildman–Crippen LogP) is 4.83. The molecule has 0 aliphatic heterocycles. The minimum Gasteiger partial charge on any atom is -0.497 e. The summed E-state index contributed by atoms with van der Waals surface area (Å²) in [5.41, 5.74) is 2.53. The fourth-order valence-corrected chi connectivity index (χ4v) is 3.57. The zero-order chi connectivity index (χ0) is 20.8. The quantitative estimate of drug-likeness (QED) is 0.411. The number of anilines is 1. The molecule has 0 fully saturated rings. The fraction of sp³-hybridized carbons (Fsp3) is 0.190. The number of methoxy groups -OCH3 is 1. The molecule has 1 aromatic heterocycles. The van der Waals surface area contributed by atoms with Crippen molar-refractivity contribution in [1.29, 1.82) is 0 Å². The normalized spacial score (nSPS) is 10.6. The van der Waals surface area contributed by atoms with Gasteiger partial charge in [-0.25, -0.2) is 0 Å². The Bertz CT molecular complexity index is 1020. The molecule has 29 heavy (non-hydrogen) atoms. The lowest BCUT2D eigenvalue weighted by Crippen LogP contribution is -2.14. The van der Waals surface area contributed by atoms with E-state index in [4.69, 9.17) is 16.3 Å². The van der Waals surface area contributed by atoms with Gasteiger partial charge in [-0.15, -0.1) is 16.8 Å². The summed E-state index contributed by atoms with van der Waals surface area (Å²) >= 11 is 7.43. The van der Waals surface area contributed by atoms with E-state index in [1.54, 1.807) is 19.3 Å². The molecule has 0 aliphatic rings. The molecule has 3 aromatic rings. The Morgan fingerprint density at radius 3 is 2.69 bits per heavy atom. The van der Waals surface area contributed by atoms with Gasteiger partial charge in [0.1, 0.15) is 5.75 Å². The molecule has 0 saturated heterocycles. The lowest BCUT2D eigenvalue weighted by Gasteiger charge is -2.09. The van der Waals surface area contributed by atoms with E-state index in [1.807, 2.05) is 47.9 Å². The maximum atomic E-state index is 12.3. The van der Waals surface area contributed by atoms with E-state index in [0.717, 1.165) is 16.9 Å². The average Bonchev–Trinajstić information content (AvgIpc) is 3.12. The molecule has 0 saturated carbocycles. The third kappa shape index (κ3) is 5.19. The third-order valence-electron chi connectivity index (χ3n) is 4.16. The molecule has 0 spiro atoms. The summed E-state index contributed by atoms with van der Waals surface area (Å²) in [4.78, 5) is 12.3. The van der Waals surface area contributed by atoms with Crippen LogP contribution in [0.4, 0.5) is 5.69 Å². The monoisotopic (exact) mass is 428 g/mol. The molecule has 6 nitrogen and oxygen atoms in total. The molecule has 3 rings (SSSR count). The van der Waals surface area contributed by atoms with E-state index in [2.05, 4.69) is 22.1 Å². The van der Waals surface area contributed by atoms with Crippen molar-refractivity contribution in [1.82, 2.24) is 14.8 Å². The first-order valence-electron chi connectivity index (χ1n) is 8.89. The van der Waals surface area contributed by atoms with Crippen molar-refractivity contribution in [2.45, 2.75) is 18.6 Å². The molecule has 0 bridgehead atoms. The van der Waals surface area contributed by atoms with Gasteiger partial charge >= 0.3 is 0 Å². The number of amides is 1. The van der Waals surface area contributed by atoms with E-state index in [1.165, 1.54) is 11.8 Å². The Morgan fingerprint density at radius 1 is 1.28 bits per heavy atom. The van der Waals surface area contributed by atoms with Gasteiger partial charge in [0, 0.05) is 22.8 Å². The topological polar surface area (TPSA) is 69.0 Å². The molecule has 0 radical (unpaired) electrons. The Morgan fingerprint density at radius 2 is 2.03 bits per heavy atom. The second-order valence-corrected chi connectivity index (χ2v) is 7.58. The van der Waals surface area contributed by atoms with Gasteiger partial charge in [0.15, 0.2) is 11.0 Å². The Hall–Kier alpha value is -2.77. The Kier molecular flexibility index (Phi) is 6.95. The van der Waals surface area contributed by atoms with Gasteiger partial charge in [-0.1, -0.05) is 35.5 Å². The zero-order valence-corrected chi connectivity index (χ0v) is 17.8. The van der Waals surface area contributed by atoms with Crippen molar-refractivity contribution in [3.63, 3.8) is 0 Å². The number of hydrogen-bond donors (Lipinski definition) is 1. The van der Waals surface area contributed by atoms with Crippen LogP contribution in [0.2, 0.25) is 5.02 Å². The van der Waals surface area contributed by atoms with Crippen LogP contribution in [0, 0.1) is 6.92 Å². The number of aromatic nitrogens is 3.